The van der Waals surface area contributed by atoms with Crippen LogP contribution in [-0.4, -0.2) is 51.3 Å². The molecule has 1 amide bonds. The molecule has 0 bridgehead atoms. The number of thioether (sulfide) groups is 1. The zero-order chi connectivity index (χ0) is 14.0. The second kappa shape index (κ2) is 6.13. The van der Waals surface area contributed by atoms with E-state index in [9.17, 15) is 14.7 Å². The number of carboxylic acid groups (broad SMARTS) is 1. The molecule has 4 atom stereocenters. The van der Waals surface area contributed by atoms with E-state index in [4.69, 9.17) is 4.74 Å². The van der Waals surface area contributed by atoms with Gasteiger partial charge in [-0.15, -0.1) is 11.8 Å². The third kappa shape index (κ3) is 3.05. The summed E-state index contributed by atoms with van der Waals surface area (Å²) in [5.41, 5.74) is 0. The predicted molar refractivity (Wildman–Crippen MR) is 73.0 cm³/mol. The standard InChI is InChI=1S/C13H21NO4S/c1-3-4-11-14(9(7-19-11)13(16)17)12(15)10-6-5-8(2)18-10/h8-11H,3-7H2,1-2H3,(H,16,17). The van der Waals surface area contributed by atoms with Gasteiger partial charge in [-0.25, -0.2) is 4.79 Å². The molecule has 6 heteroatoms. The topological polar surface area (TPSA) is 66.8 Å². The van der Waals surface area contributed by atoms with Crippen LogP contribution in [0.1, 0.15) is 39.5 Å². The molecule has 5 nitrogen and oxygen atoms in total. The molecule has 2 aliphatic rings. The Hall–Kier alpha value is -0.750. The summed E-state index contributed by atoms with van der Waals surface area (Å²) < 4.78 is 5.60. The molecule has 0 aromatic rings. The molecule has 4 unspecified atom stereocenters. The van der Waals surface area contributed by atoms with Crippen LogP contribution in [0.4, 0.5) is 0 Å². The molecule has 0 radical (unpaired) electrons. The molecule has 2 rings (SSSR count). The maximum Gasteiger partial charge on any atom is 0.327 e. The smallest absolute Gasteiger partial charge is 0.327 e. The molecule has 0 spiro atoms. The summed E-state index contributed by atoms with van der Waals surface area (Å²) in [6.45, 7) is 4.00. The van der Waals surface area contributed by atoms with E-state index in [2.05, 4.69) is 0 Å². The van der Waals surface area contributed by atoms with E-state index in [0.29, 0.717) is 12.2 Å². The van der Waals surface area contributed by atoms with Crippen LogP contribution in [0.5, 0.6) is 0 Å². The molecule has 0 aromatic carbocycles. The first kappa shape index (κ1) is 14.7. The summed E-state index contributed by atoms with van der Waals surface area (Å²) in [6, 6.07) is -0.700. The van der Waals surface area contributed by atoms with Gasteiger partial charge in [-0.3, -0.25) is 4.79 Å². The fourth-order valence-electron chi connectivity index (χ4n) is 2.67. The van der Waals surface area contributed by atoms with Gasteiger partial charge >= 0.3 is 5.97 Å². The minimum atomic E-state index is -0.912. The van der Waals surface area contributed by atoms with E-state index in [1.807, 2.05) is 13.8 Å². The highest BCUT2D eigenvalue weighted by molar-refractivity contribution is 8.00. The van der Waals surface area contributed by atoms with Crippen LogP contribution < -0.4 is 0 Å². The van der Waals surface area contributed by atoms with Gasteiger partial charge in [0.05, 0.1) is 11.5 Å². The Morgan fingerprint density at radius 3 is 2.68 bits per heavy atom. The number of carbonyl (C=O) groups is 2. The van der Waals surface area contributed by atoms with E-state index in [-0.39, 0.29) is 17.4 Å². The number of carboxylic acids is 1. The Balaban J connectivity index is 2.11. The number of ether oxygens (including phenoxy) is 1. The van der Waals surface area contributed by atoms with Gasteiger partial charge in [0.2, 0.25) is 0 Å². The molecule has 108 valence electrons. The van der Waals surface area contributed by atoms with Gasteiger partial charge in [-0.1, -0.05) is 13.3 Å². The molecule has 0 saturated carbocycles. The van der Waals surface area contributed by atoms with Crippen molar-refractivity contribution < 1.29 is 19.4 Å². The lowest BCUT2D eigenvalue weighted by Gasteiger charge is -2.29. The largest absolute Gasteiger partial charge is 0.480 e. The van der Waals surface area contributed by atoms with Crippen LogP contribution in [-0.2, 0) is 14.3 Å². The number of nitrogens with zero attached hydrogens (tertiary/aromatic N) is 1. The second-order valence-corrected chi connectivity index (χ2v) is 6.40. The Bertz CT molecular complexity index is 363. The minimum absolute atomic E-state index is 0.0156. The molecule has 2 saturated heterocycles. The van der Waals surface area contributed by atoms with Crippen LogP contribution in [0.15, 0.2) is 0 Å². The highest BCUT2D eigenvalue weighted by atomic mass is 32.2. The van der Waals surface area contributed by atoms with Gasteiger partial charge in [0.15, 0.2) is 0 Å². The molecule has 0 aromatic heterocycles. The molecular formula is C13H21NO4S. The van der Waals surface area contributed by atoms with Gasteiger partial charge in [0, 0.05) is 5.75 Å². The predicted octanol–water partition coefficient (Wildman–Crippen LogP) is 1.71. The first-order chi connectivity index (χ1) is 9.04. The van der Waals surface area contributed by atoms with Crippen LogP contribution in [0.3, 0.4) is 0 Å². The van der Waals surface area contributed by atoms with Crippen molar-refractivity contribution in [3.63, 3.8) is 0 Å². The fourth-order valence-corrected chi connectivity index (χ4v) is 4.19. The van der Waals surface area contributed by atoms with E-state index in [1.54, 1.807) is 16.7 Å². The normalized spacial score (nSPS) is 34.7. The minimum Gasteiger partial charge on any atom is -0.480 e. The van der Waals surface area contributed by atoms with E-state index in [0.717, 1.165) is 19.3 Å². The van der Waals surface area contributed by atoms with Crippen molar-refractivity contribution in [2.24, 2.45) is 0 Å². The number of carbonyl (C=O) groups excluding carboxylic acids is 1. The van der Waals surface area contributed by atoms with Crippen LogP contribution in [0.2, 0.25) is 0 Å². The highest BCUT2D eigenvalue weighted by Gasteiger charge is 2.44. The SMILES string of the molecule is CCCC1SCC(C(=O)O)N1C(=O)C1CCC(C)O1. The monoisotopic (exact) mass is 287 g/mol. The Labute approximate surface area is 117 Å². The average molecular weight is 287 g/mol. The maximum atomic E-state index is 12.5. The molecule has 19 heavy (non-hydrogen) atoms. The maximum absolute atomic E-state index is 12.5. The zero-order valence-corrected chi connectivity index (χ0v) is 12.2. The number of hydrogen-bond acceptors (Lipinski definition) is 4. The van der Waals surface area contributed by atoms with Gasteiger partial charge < -0.3 is 14.7 Å². The number of rotatable bonds is 4. The first-order valence-corrected chi connectivity index (χ1v) is 7.91. The van der Waals surface area contributed by atoms with Crippen molar-refractivity contribution in [3.8, 4) is 0 Å². The third-order valence-corrected chi connectivity index (χ3v) is 5.03. The average Bonchev–Trinajstić information content (AvgIpc) is 2.95. The van der Waals surface area contributed by atoms with Crippen LogP contribution >= 0.6 is 11.8 Å². The summed E-state index contributed by atoms with van der Waals surface area (Å²) in [5, 5.41) is 9.25. The Kier molecular flexibility index (Phi) is 4.73. The third-order valence-electron chi connectivity index (χ3n) is 3.68. The van der Waals surface area contributed by atoms with E-state index < -0.39 is 18.1 Å². The lowest BCUT2D eigenvalue weighted by Crippen LogP contribution is -2.49. The quantitative estimate of drug-likeness (QED) is 0.852. The summed E-state index contributed by atoms with van der Waals surface area (Å²) in [5.74, 6) is -0.570. The van der Waals surface area contributed by atoms with Gasteiger partial charge in [0.25, 0.3) is 5.91 Å². The van der Waals surface area contributed by atoms with Gasteiger partial charge in [-0.05, 0) is 26.2 Å². The van der Waals surface area contributed by atoms with E-state index in [1.165, 1.54) is 0 Å². The molecule has 2 aliphatic heterocycles. The Morgan fingerprint density at radius 1 is 1.42 bits per heavy atom. The summed E-state index contributed by atoms with van der Waals surface area (Å²) in [7, 11) is 0. The number of aliphatic carboxylic acids is 1. The van der Waals surface area contributed by atoms with Gasteiger partial charge in [0.1, 0.15) is 12.1 Å². The van der Waals surface area contributed by atoms with Crippen molar-refractivity contribution in [2.45, 2.75) is 63.2 Å². The summed E-state index contributed by atoms with van der Waals surface area (Å²) in [6.07, 6.45) is 2.99. The Morgan fingerprint density at radius 2 is 2.16 bits per heavy atom. The molecular weight excluding hydrogens is 266 g/mol. The van der Waals surface area contributed by atoms with Crippen molar-refractivity contribution in [2.75, 3.05) is 5.75 Å². The lowest BCUT2D eigenvalue weighted by molar-refractivity contribution is -0.154. The number of hydrogen-bond donors (Lipinski definition) is 1. The van der Waals surface area contributed by atoms with Gasteiger partial charge in [-0.2, -0.15) is 0 Å². The molecule has 0 aliphatic carbocycles. The summed E-state index contributed by atoms with van der Waals surface area (Å²) in [4.78, 5) is 25.4. The highest BCUT2D eigenvalue weighted by Crippen LogP contribution is 2.34. The van der Waals surface area contributed by atoms with Crippen molar-refractivity contribution in [3.05, 3.63) is 0 Å². The van der Waals surface area contributed by atoms with Crippen LogP contribution in [0, 0.1) is 0 Å². The molecule has 2 heterocycles. The molecule has 1 N–H and O–H groups in total. The van der Waals surface area contributed by atoms with Crippen molar-refractivity contribution in [1.29, 1.82) is 0 Å². The van der Waals surface area contributed by atoms with Crippen LogP contribution in [0.25, 0.3) is 0 Å². The lowest BCUT2D eigenvalue weighted by atomic mass is 10.1. The second-order valence-electron chi connectivity index (χ2n) is 5.19. The fraction of sp³-hybridized carbons (Fsp3) is 0.846. The van der Waals surface area contributed by atoms with Crippen molar-refractivity contribution >= 4 is 23.6 Å². The number of amides is 1. The first-order valence-electron chi connectivity index (χ1n) is 6.86. The molecule has 2 fully saturated rings. The zero-order valence-electron chi connectivity index (χ0n) is 11.4. The van der Waals surface area contributed by atoms with Crippen molar-refractivity contribution in [1.82, 2.24) is 4.90 Å². The summed E-state index contributed by atoms with van der Waals surface area (Å²) >= 11 is 1.57. The van der Waals surface area contributed by atoms with E-state index >= 15 is 0 Å².